The Morgan fingerprint density at radius 2 is 1.74 bits per heavy atom. The van der Waals surface area contributed by atoms with Crippen LogP contribution < -0.4 is 0 Å². The summed E-state index contributed by atoms with van der Waals surface area (Å²) in [5.41, 5.74) is 0.151. The molecule has 19 heavy (non-hydrogen) atoms. The minimum Gasteiger partial charge on any atom is -0.476 e. The zero-order valence-corrected chi connectivity index (χ0v) is 11.2. The second kappa shape index (κ2) is 3.62. The summed E-state index contributed by atoms with van der Waals surface area (Å²) in [4.78, 5) is 15.5. The third-order valence-electron chi connectivity index (χ3n) is 5.49. The average molecular weight is 261 g/mol. The van der Waals surface area contributed by atoms with Gasteiger partial charge in [0.2, 0.25) is 5.89 Å². The molecule has 0 atom stereocenters. The van der Waals surface area contributed by atoms with Crippen molar-refractivity contribution >= 4 is 5.97 Å². The first kappa shape index (κ1) is 11.5. The van der Waals surface area contributed by atoms with Crippen LogP contribution in [-0.4, -0.2) is 16.1 Å². The first-order valence-corrected chi connectivity index (χ1v) is 7.27. The maximum atomic E-state index is 11.1. The number of aromatic nitrogens is 1. The van der Waals surface area contributed by atoms with Gasteiger partial charge in [0.25, 0.3) is 0 Å². The number of carboxylic acids is 1. The third-order valence-corrected chi connectivity index (χ3v) is 5.49. The maximum absolute atomic E-state index is 11.1. The number of carboxylic acid groups (broad SMARTS) is 1. The normalized spacial score (nSPS) is 39.7. The van der Waals surface area contributed by atoms with E-state index in [9.17, 15) is 4.79 Å². The first-order valence-electron chi connectivity index (χ1n) is 7.27. The molecule has 0 saturated heterocycles. The van der Waals surface area contributed by atoms with Crippen molar-refractivity contribution in [3.8, 4) is 0 Å². The number of nitrogens with zero attached hydrogens (tertiary/aromatic N) is 1. The molecular formula is C15H19NO3. The molecule has 4 saturated carbocycles. The molecule has 4 heteroatoms. The number of carbonyl (C=O) groups is 1. The van der Waals surface area contributed by atoms with Gasteiger partial charge in [-0.15, -0.1) is 0 Å². The highest BCUT2D eigenvalue weighted by Gasteiger charge is 2.54. The summed E-state index contributed by atoms with van der Waals surface area (Å²) in [7, 11) is 0. The standard InChI is InChI=1S/C15H19NO3/c1-8-12(13(17)18)16-14(19-8)15-5-9-2-10(6-15)4-11(3-9)7-15/h9-11H,2-7H2,1H3,(H,17,18). The lowest BCUT2D eigenvalue weighted by atomic mass is 9.49. The van der Waals surface area contributed by atoms with Gasteiger partial charge >= 0.3 is 5.97 Å². The Labute approximate surface area is 112 Å². The van der Waals surface area contributed by atoms with E-state index in [2.05, 4.69) is 4.98 Å². The van der Waals surface area contributed by atoms with Crippen molar-refractivity contribution in [2.45, 2.75) is 50.9 Å². The molecule has 0 aliphatic heterocycles. The minimum absolute atomic E-state index is 0.0488. The average Bonchev–Trinajstić information content (AvgIpc) is 2.70. The molecule has 0 spiro atoms. The van der Waals surface area contributed by atoms with Crippen molar-refractivity contribution < 1.29 is 14.3 Å². The molecule has 0 unspecified atom stereocenters. The zero-order chi connectivity index (χ0) is 13.2. The number of rotatable bonds is 2. The Bertz CT molecular complexity index is 510. The van der Waals surface area contributed by atoms with Gasteiger partial charge in [-0.25, -0.2) is 9.78 Å². The van der Waals surface area contributed by atoms with Crippen LogP contribution in [0.1, 0.15) is 60.7 Å². The molecule has 1 aromatic rings. The van der Waals surface area contributed by atoms with Crippen LogP contribution >= 0.6 is 0 Å². The Morgan fingerprint density at radius 3 is 2.16 bits per heavy atom. The Hall–Kier alpha value is -1.32. The van der Waals surface area contributed by atoms with Gasteiger partial charge in [0.15, 0.2) is 5.69 Å². The summed E-state index contributed by atoms with van der Waals surface area (Å²) in [6, 6.07) is 0. The van der Waals surface area contributed by atoms with Gasteiger partial charge in [-0.2, -0.15) is 0 Å². The van der Waals surface area contributed by atoms with Gasteiger partial charge in [-0.05, 0) is 63.2 Å². The molecule has 102 valence electrons. The van der Waals surface area contributed by atoms with Crippen molar-refractivity contribution in [1.29, 1.82) is 0 Å². The predicted molar refractivity (Wildman–Crippen MR) is 68.0 cm³/mol. The van der Waals surface area contributed by atoms with Crippen LogP contribution in [0.25, 0.3) is 0 Å². The quantitative estimate of drug-likeness (QED) is 0.888. The summed E-state index contributed by atoms with van der Waals surface area (Å²) < 4.78 is 5.77. The number of hydrogen-bond acceptors (Lipinski definition) is 3. The van der Waals surface area contributed by atoms with Crippen LogP contribution in [0.5, 0.6) is 0 Å². The van der Waals surface area contributed by atoms with Gasteiger partial charge in [-0.3, -0.25) is 0 Å². The van der Waals surface area contributed by atoms with Crippen LogP contribution in [0.2, 0.25) is 0 Å². The molecule has 4 nitrogen and oxygen atoms in total. The molecule has 4 fully saturated rings. The zero-order valence-electron chi connectivity index (χ0n) is 11.2. The van der Waals surface area contributed by atoms with Gasteiger partial charge in [0.05, 0.1) is 0 Å². The van der Waals surface area contributed by atoms with E-state index in [0.29, 0.717) is 11.7 Å². The van der Waals surface area contributed by atoms with Gasteiger partial charge in [0, 0.05) is 5.41 Å². The van der Waals surface area contributed by atoms with E-state index < -0.39 is 5.97 Å². The summed E-state index contributed by atoms with van der Waals surface area (Å²) in [6.45, 7) is 1.71. The fourth-order valence-corrected chi connectivity index (χ4v) is 5.19. The lowest BCUT2D eigenvalue weighted by Gasteiger charge is -2.55. The summed E-state index contributed by atoms with van der Waals surface area (Å²) in [5.74, 6) is 2.63. The minimum atomic E-state index is -0.975. The van der Waals surface area contributed by atoms with Gasteiger partial charge in [-0.1, -0.05) is 0 Å². The fraction of sp³-hybridized carbons (Fsp3) is 0.733. The Balaban J connectivity index is 1.75. The number of aryl methyl sites for hydroxylation is 1. The number of oxazole rings is 1. The Kier molecular flexibility index (Phi) is 2.19. The highest BCUT2D eigenvalue weighted by Crippen LogP contribution is 2.60. The highest BCUT2D eigenvalue weighted by molar-refractivity contribution is 5.86. The van der Waals surface area contributed by atoms with E-state index in [-0.39, 0.29) is 11.1 Å². The van der Waals surface area contributed by atoms with E-state index >= 15 is 0 Å². The molecule has 0 aromatic carbocycles. The number of hydrogen-bond donors (Lipinski definition) is 1. The molecule has 4 aliphatic carbocycles. The molecule has 0 radical (unpaired) electrons. The van der Waals surface area contributed by atoms with Crippen molar-refractivity contribution in [3.05, 3.63) is 17.3 Å². The SMILES string of the molecule is Cc1oc(C23CC4CC(CC(C4)C2)C3)nc1C(=O)O. The van der Waals surface area contributed by atoms with Crippen LogP contribution in [0, 0.1) is 24.7 Å². The van der Waals surface area contributed by atoms with E-state index in [1.165, 1.54) is 19.3 Å². The molecular weight excluding hydrogens is 242 g/mol. The molecule has 4 aliphatic rings. The summed E-state index contributed by atoms with van der Waals surface area (Å²) >= 11 is 0. The van der Waals surface area contributed by atoms with Crippen molar-refractivity contribution in [2.75, 3.05) is 0 Å². The highest BCUT2D eigenvalue weighted by atomic mass is 16.4. The monoisotopic (exact) mass is 261 g/mol. The van der Waals surface area contributed by atoms with Crippen molar-refractivity contribution in [3.63, 3.8) is 0 Å². The van der Waals surface area contributed by atoms with Crippen LogP contribution in [-0.2, 0) is 5.41 Å². The van der Waals surface area contributed by atoms with Crippen LogP contribution in [0.3, 0.4) is 0 Å². The lowest BCUT2D eigenvalue weighted by Crippen LogP contribution is -2.48. The van der Waals surface area contributed by atoms with Crippen molar-refractivity contribution in [2.24, 2.45) is 17.8 Å². The maximum Gasteiger partial charge on any atom is 0.358 e. The van der Waals surface area contributed by atoms with E-state index in [0.717, 1.165) is 37.0 Å². The van der Waals surface area contributed by atoms with Gasteiger partial charge < -0.3 is 9.52 Å². The smallest absolute Gasteiger partial charge is 0.358 e. The summed E-state index contributed by atoms with van der Waals surface area (Å²) in [6.07, 6.45) is 7.55. The second-order valence-electron chi connectivity index (χ2n) is 6.93. The Morgan fingerprint density at radius 1 is 1.21 bits per heavy atom. The van der Waals surface area contributed by atoms with Crippen molar-refractivity contribution in [1.82, 2.24) is 4.98 Å². The first-order chi connectivity index (χ1) is 9.06. The number of aromatic carboxylic acids is 1. The van der Waals surface area contributed by atoms with E-state index in [1.807, 2.05) is 0 Å². The molecule has 1 heterocycles. The van der Waals surface area contributed by atoms with E-state index in [4.69, 9.17) is 9.52 Å². The summed E-state index contributed by atoms with van der Waals surface area (Å²) in [5, 5.41) is 9.14. The van der Waals surface area contributed by atoms with Crippen LogP contribution in [0.4, 0.5) is 0 Å². The molecule has 4 bridgehead atoms. The fourth-order valence-electron chi connectivity index (χ4n) is 5.19. The van der Waals surface area contributed by atoms with Gasteiger partial charge in [0.1, 0.15) is 5.76 Å². The predicted octanol–water partition coefficient (Wildman–Crippen LogP) is 3.15. The molecule has 5 rings (SSSR count). The lowest BCUT2D eigenvalue weighted by molar-refractivity contribution is -0.0180. The third kappa shape index (κ3) is 1.58. The largest absolute Gasteiger partial charge is 0.476 e. The molecule has 1 N–H and O–H groups in total. The second-order valence-corrected chi connectivity index (χ2v) is 6.93. The molecule has 1 aromatic heterocycles. The van der Waals surface area contributed by atoms with E-state index in [1.54, 1.807) is 6.92 Å². The molecule has 0 amide bonds. The topological polar surface area (TPSA) is 63.3 Å². The van der Waals surface area contributed by atoms with Crippen LogP contribution in [0.15, 0.2) is 4.42 Å².